The Kier molecular flexibility index (Phi) is 8.17. The molecule has 0 spiro atoms. The van der Waals surface area contributed by atoms with Crippen LogP contribution in [0.15, 0.2) is 0 Å². The standard InChI is InChI=1S/C15H26N4O5/c16-8-12(20)18-11(7-13(21)22)15(24)19-10(14(17)23)6-9-4-2-1-3-5-9/h9-11H,1-8,16H2,(H2,17,23)(H,18,20)(H,19,24)(H,21,22)/t10-,11-/m0/s1. The van der Waals surface area contributed by atoms with Crippen molar-refractivity contribution >= 4 is 23.7 Å². The number of hydrogen-bond donors (Lipinski definition) is 5. The fraction of sp³-hybridized carbons (Fsp3) is 0.733. The van der Waals surface area contributed by atoms with Crippen LogP contribution in [-0.4, -0.2) is 47.4 Å². The van der Waals surface area contributed by atoms with Crippen LogP contribution in [0, 0.1) is 5.92 Å². The summed E-state index contributed by atoms with van der Waals surface area (Å²) in [4.78, 5) is 46.1. The highest BCUT2D eigenvalue weighted by molar-refractivity contribution is 5.93. The van der Waals surface area contributed by atoms with Crippen molar-refractivity contribution in [3.63, 3.8) is 0 Å². The lowest BCUT2D eigenvalue weighted by Gasteiger charge is -2.26. The van der Waals surface area contributed by atoms with E-state index < -0.39 is 42.2 Å². The number of rotatable bonds is 9. The number of aliphatic carboxylic acids is 1. The van der Waals surface area contributed by atoms with Gasteiger partial charge in [-0.3, -0.25) is 19.2 Å². The van der Waals surface area contributed by atoms with Crippen molar-refractivity contribution in [2.45, 2.75) is 57.0 Å². The Morgan fingerprint density at radius 1 is 1.04 bits per heavy atom. The predicted octanol–water partition coefficient (Wildman–Crippen LogP) is -1.15. The Morgan fingerprint density at radius 3 is 2.17 bits per heavy atom. The molecule has 1 saturated carbocycles. The van der Waals surface area contributed by atoms with Gasteiger partial charge >= 0.3 is 5.97 Å². The average Bonchev–Trinajstić information content (AvgIpc) is 2.53. The second-order valence-corrected chi connectivity index (χ2v) is 6.13. The van der Waals surface area contributed by atoms with Gasteiger partial charge in [-0.05, 0) is 12.3 Å². The molecule has 0 aromatic rings. The molecule has 0 aromatic carbocycles. The van der Waals surface area contributed by atoms with E-state index >= 15 is 0 Å². The molecule has 0 saturated heterocycles. The molecule has 0 aliphatic heterocycles. The lowest BCUT2D eigenvalue weighted by molar-refractivity contribution is -0.140. The van der Waals surface area contributed by atoms with Gasteiger partial charge in [0.1, 0.15) is 12.1 Å². The van der Waals surface area contributed by atoms with Gasteiger partial charge in [0.05, 0.1) is 13.0 Å². The van der Waals surface area contributed by atoms with Gasteiger partial charge in [0.15, 0.2) is 0 Å². The highest BCUT2D eigenvalue weighted by Gasteiger charge is 2.29. The molecule has 0 heterocycles. The van der Waals surface area contributed by atoms with Gasteiger partial charge in [-0.2, -0.15) is 0 Å². The zero-order chi connectivity index (χ0) is 18.1. The van der Waals surface area contributed by atoms with Crippen molar-refractivity contribution in [3.8, 4) is 0 Å². The average molecular weight is 342 g/mol. The summed E-state index contributed by atoms with van der Waals surface area (Å²) in [5, 5.41) is 13.6. The molecule has 9 heteroatoms. The van der Waals surface area contributed by atoms with Gasteiger partial charge in [-0.15, -0.1) is 0 Å². The highest BCUT2D eigenvalue weighted by Crippen LogP contribution is 2.27. The summed E-state index contributed by atoms with van der Waals surface area (Å²) in [6, 6.07) is -2.18. The molecular formula is C15H26N4O5. The van der Waals surface area contributed by atoms with E-state index in [4.69, 9.17) is 16.6 Å². The van der Waals surface area contributed by atoms with Crippen LogP contribution in [0.1, 0.15) is 44.9 Å². The Bertz CT molecular complexity index is 476. The number of carboxylic acid groups (broad SMARTS) is 1. The number of nitrogens with two attached hydrogens (primary N) is 2. The Balaban J connectivity index is 2.69. The maximum Gasteiger partial charge on any atom is 0.305 e. The second kappa shape index (κ2) is 9.86. The first kappa shape index (κ1) is 19.9. The number of primary amides is 1. The summed E-state index contributed by atoms with van der Waals surface area (Å²) >= 11 is 0. The summed E-state index contributed by atoms with van der Waals surface area (Å²) < 4.78 is 0. The van der Waals surface area contributed by atoms with Gasteiger partial charge in [0, 0.05) is 0 Å². The summed E-state index contributed by atoms with van der Waals surface area (Å²) in [6.45, 7) is -0.370. The monoisotopic (exact) mass is 342 g/mol. The molecule has 0 unspecified atom stereocenters. The number of amides is 3. The number of carbonyl (C=O) groups excluding carboxylic acids is 3. The molecule has 0 radical (unpaired) electrons. The van der Waals surface area contributed by atoms with Crippen LogP contribution in [0.25, 0.3) is 0 Å². The molecule has 0 aromatic heterocycles. The predicted molar refractivity (Wildman–Crippen MR) is 85.6 cm³/mol. The van der Waals surface area contributed by atoms with Gasteiger partial charge in [-0.1, -0.05) is 32.1 Å². The van der Waals surface area contributed by atoms with Crippen molar-refractivity contribution in [2.75, 3.05) is 6.54 Å². The maximum absolute atomic E-state index is 12.2. The summed E-state index contributed by atoms with van der Waals surface area (Å²) in [7, 11) is 0. The highest BCUT2D eigenvalue weighted by atomic mass is 16.4. The third kappa shape index (κ3) is 6.95. The summed E-state index contributed by atoms with van der Waals surface area (Å²) in [5.74, 6) is -3.03. The van der Waals surface area contributed by atoms with Gasteiger partial charge in [0.25, 0.3) is 0 Å². The minimum atomic E-state index is -1.30. The molecule has 0 bridgehead atoms. The molecule has 1 aliphatic carbocycles. The topological polar surface area (TPSA) is 165 Å². The Labute approximate surface area is 140 Å². The maximum atomic E-state index is 12.2. The minimum absolute atomic E-state index is 0.299. The molecule has 2 atom stereocenters. The zero-order valence-corrected chi connectivity index (χ0v) is 13.6. The molecule has 1 rings (SSSR count). The smallest absolute Gasteiger partial charge is 0.305 e. The Morgan fingerprint density at radius 2 is 1.67 bits per heavy atom. The summed E-state index contributed by atoms with van der Waals surface area (Å²) in [6.07, 6.45) is 5.09. The number of nitrogens with one attached hydrogen (secondary N) is 2. The van der Waals surface area contributed by atoms with Crippen LogP contribution in [-0.2, 0) is 19.2 Å². The first-order valence-electron chi connectivity index (χ1n) is 8.14. The molecule has 136 valence electrons. The molecule has 24 heavy (non-hydrogen) atoms. The fourth-order valence-corrected chi connectivity index (χ4v) is 2.91. The van der Waals surface area contributed by atoms with Crippen LogP contribution >= 0.6 is 0 Å². The number of hydrogen-bond acceptors (Lipinski definition) is 5. The number of carbonyl (C=O) groups is 4. The van der Waals surface area contributed by atoms with Crippen molar-refractivity contribution in [2.24, 2.45) is 17.4 Å². The molecule has 1 fully saturated rings. The molecule has 9 nitrogen and oxygen atoms in total. The van der Waals surface area contributed by atoms with Crippen molar-refractivity contribution in [1.82, 2.24) is 10.6 Å². The molecular weight excluding hydrogens is 316 g/mol. The van der Waals surface area contributed by atoms with Gasteiger partial charge in [0.2, 0.25) is 17.7 Å². The van der Waals surface area contributed by atoms with Gasteiger partial charge in [-0.25, -0.2) is 0 Å². The van der Waals surface area contributed by atoms with Crippen LogP contribution in [0.5, 0.6) is 0 Å². The van der Waals surface area contributed by atoms with E-state index in [2.05, 4.69) is 10.6 Å². The third-order valence-corrected chi connectivity index (χ3v) is 4.17. The van der Waals surface area contributed by atoms with Crippen LogP contribution in [0.3, 0.4) is 0 Å². The van der Waals surface area contributed by atoms with Crippen molar-refractivity contribution in [1.29, 1.82) is 0 Å². The van der Waals surface area contributed by atoms with E-state index in [9.17, 15) is 19.2 Å². The van der Waals surface area contributed by atoms with E-state index in [1.807, 2.05) is 0 Å². The quantitative estimate of drug-likeness (QED) is 0.355. The lowest BCUT2D eigenvalue weighted by Crippen LogP contribution is -2.54. The SMILES string of the molecule is NCC(=O)N[C@@H](CC(=O)O)C(=O)N[C@@H](CC1CCCCC1)C(N)=O. The first-order chi connectivity index (χ1) is 11.3. The molecule has 7 N–H and O–H groups in total. The van der Waals surface area contributed by atoms with Crippen LogP contribution < -0.4 is 22.1 Å². The van der Waals surface area contributed by atoms with E-state index in [1.54, 1.807) is 0 Å². The van der Waals surface area contributed by atoms with Crippen molar-refractivity contribution in [3.05, 3.63) is 0 Å². The van der Waals surface area contributed by atoms with E-state index in [0.717, 1.165) is 32.1 Å². The zero-order valence-electron chi connectivity index (χ0n) is 13.6. The number of carboxylic acids is 1. The molecule has 3 amide bonds. The first-order valence-corrected chi connectivity index (χ1v) is 8.14. The van der Waals surface area contributed by atoms with E-state index in [-0.39, 0.29) is 6.54 Å². The normalized spacial score (nSPS) is 17.5. The van der Waals surface area contributed by atoms with Crippen LogP contribution in [0.4, 0.5) is 0 Å². The van der Waals surface area contributed by atoms with Crippen LogP contribution in [0.2, 0.25) is 0 Å². The fourth-order valence-electron chi connectivity index (χ4n) is 2.91. The third-order valence-electron chi connectivity index (χ3n) is 4.17. The van der Waals surface area contributed by atoms with E-state index in [1.165, 1.54) is 0 Å². The van der Waals surface area contributed by atoms with E-state index in [0.29, 0.717) is 12.3 Å². The lowest BCUT2D eigenvalue weighted by atomic mass is 9.84. The minimum Gasteiger partial charge on any atom is -0.481 e. The second-order valence-electron chi connectivity index (χ2n) is 6.13. The van der Waals surface area contributed by atoms with Crippen molar-refractivity contribution < 1.29 is 24.3 Å². The largest absolute Gasteiger partial charge is 0.481 e. The Hall–Kier alpha value is -2.16. The molecule has 1 aliphatic rings. The summed E-state index contributed by atoms with van der Waals surface area (Å²) in [5.41, 5.74) is 10.5. The van der Waals surface area contributed by atoms with Gasteiger partial charge < -0.3 is 27.2 Å².